The smallest absolute Gasteiger partial charge is 0.137 e. The van der Waals surface area contributed by atoms with Crippen LogP contribution in [0.1, 0.15) is 44.7 Å². The molecule has 0 amide bonds. The van der Waals surface area contributed by atoms with E-state index in [4.69, 9.17) is 4.74 Å². The SMILES string of the molecule is CCCNCc1ccc(OCC2CC3CCC2C3)cn1. The van der Waals surface area contributed by atoms with E-state index >= 15 is 0 Å². The molecule has 2 bridgehead atoms. The van der Waals surface area contributed by atoms with Crippen LogP contribution < -0.4 is 10.1 Å². The van der Waals surface area contributed by atoms with Gasteiger partial charge in [0.25, 0.3) is 0 Å². The van der Waals surface area contributed by atoms with Crippen LogP contribution in [-0.4, -0.2) is 18.1 Å². The highest BCUT2D eigenvalue weighted by molar-refractivity contribution is 5.19. The molecule has 3 nitrogen and oxygen atoms in total. The highest BCUT2D eigenvalue weighted by Gasteiger charge is 2.39. The van der Waals surface area contributed by atoms with Gasteiger partial charge < -0.3 is 10.1 Å². The maximum absolute atomic E-state index is 5.94. The Labute approximate surface area is 122 Å². The van der Waals surface area contributed by atoms with Crippen molar-refractivity contribution in [1.29, 1.82) is 0 Å². The Morgan fingerprint density at radius 2 is 2.25 bits per heavy atom. The molecule has 0 saturated heterocycles. The summed E-state index contributed by atoms with van der Waals surface area (Å²) in [4.78, 5) is 4.46. The van der Waals surface area contributed by atoms with Crippen LogP contribution in [0.4, 0.5) is 0 Å². The van der Waals surface area contributed by atoms with E-state index in [9.17, 15) is 0 Å². The fourth-order valence-corrected chi connectivity index (χ4v) is 3.78. The molecular weight excluding hydrogens is 248 g/mol. The molecule has 1 aromatic rings. The maximum Gasteiger partial charge on any atom is 0.137 e. The van der Waals surface area contributed by atoms with Gasteiger partial charge in [-0.2, -0.15) is 0 Å². The van der Waals surface area contributed by atoms with Crippen LogP contribution in [0, 0.1) is 17.8 Å². The number of hydrogen-bond donors (Lipinski definition) is 1. The molecule has 2 saturated carbocycles. The number of aromatic nitrogens is 1. The van der Waals surface area contributed by atoms with E-state index in [1.165, 1.54) is 25.7 Å². The van der Waals surface area contributed by atoms with Gasteiger partial charge in [0.1, 0.15) is 5.75 Å². The molecule has 1 N–H and O–H groups in total. The van der Waals surface area contributed by atoms with Gasteiger partial charge in [-0.1, -0.05) is 13.3 Å². The topological polar surface area (TPSA) is 34.1 Å². The molecule has 110 valence electrons. The zero-order valence-electron chi connectivity index (χ0n) is 12.5. The average molecular weight is 274 g/mol. The van der Waals surface area contributed by atoms with Crippen LogP contribution in [-0.2, 0) is 6.54 Å². The maximum atomic E-state index is 5.94. The van der Waals surface area contributed by atoms with Gasteiger partial charge in [0.05, 0.1) is 18.5 Å². The fraction of sp³-hybridized carbons (Fsp3) is 0.706. The molecule has 3 unspecified atom stereocenters. The Kier molecular flexibility index (Phi) is 4.56. The predicted molar refractivity (Wildman–Crippen MR) is 80.7 cm³/mol. The van der Waals surface area contributed by atoms with Crippen molar-refractivity contribution in [2.45, 2.75) is 45.6 Å². The highest BCUT2D eigenvalue weighted by atomic mass is 16.5. The molecule has 3 atom stereocenters. The second kappa shape index (κ2) is 6.57. The first kappa shape index (κ1) is 13.9. The monoisotopic (exact) mass is 274 g/mol. The third-order valence-corrected chi connectivity index (χ3v) is 4.88. The van der Waals surface area contributed by atoms with Crippen LogP contribution in [0.2, 0.25) is 0 Å². The van der Waals surface area contributed by atoms with Crippen molar-refractivity contribution in [3.63, 3.8) is 0 Å². The third kappa shape index (κ3) is 3.32. The Bertz CT molecular complexity index is 418. The van der Waals surface area contributed by atoms with Crippen LogP contribution in [0.3, 0.4) is 0 Å². The first-order valence-corrected chi connectivity index (χ1v) is 8.13. The normalized spacial score (nSPS) is 27.9. The van der Waals surface area contributed by atoms with Gasteiger partial charge in [-0.15, -0.1) is 0 Å². The Morgan fingerprint density at radius 3 is 2.90 bits per heavy atom. The zero-order chi connectivity index (χ0) is 13.8. The standard InChI is InChI=1S/C17H26N2O/c1-2-7-18-10-16-5-6-17(11-19-16)20-12-15-9-13-3-4-14(15)8-13/h5-6,11,13-15,18H,2-4,7-10,12H2,1H3. The summed E-state index contributed by atoms with van der Waals surface area (Å²) in [6.45, 7) is 4.95. The summed E-state index contributed by atoms with van der Waals surface area (Å²) in [7, 11) is 0. The van der Waals surface area contributed by atoms with E-state index in [-0.39, 0.29) is 0 Å². The van der Waals surface area contributed by atoms with Crippen LogP contribution in [0.25, 0.3) is 0 Å². The number of nitrogens with one attached hydrogen (secondary N) is 1. The van der Waals surface area contributed by atoms with Gasteiger partial charge in [0.2, 0.25) is 0 Å². The molecule has 3 heteroatoms. The molecule has 1 aromatic heterocycles. The molecule has 2 aliphatic rings. The van der Waals surface area contributed by atoms with Crippen LogP contribution >= 0.6 is 0 Å². The summed E-state index contributed by atoms with van der Waals surface area (Å²) in [6, 6.07) is 4.13. The van der Waals surface area contributed by atoms with Gasteiger partial charge in [0, 0.05) is 6.54 Å². The van der Waals surface area contributed by atoms with Gasteiger partial charge in [-0.05, 0) is 62.1 Å². The van der Waals surface area contributed by atoms with E-state index in [0.29, 0.717) is 0 Å². The molecule has 0 radical (unpaired) electrons. The summed E-state index contributed by atoms with van der Waals surface area (Å²) in [5, 5.41) is 3.36. The van der Waals surface area contributed by atoms with E-state index in [1.54, 1.807) is 0 Å². The number of nitrogens with zero attached hydrogens (tertiary/aromatic N) is 1. The first-order chi connectivity index (χ1) is 9.85. The Balaban J connectivity index is 1.44. The molecule has 3 rings (SSSR count). The van der Waals surface area contributed by atoms with Gasteiger partial charge >= 0.3 is 0 Å². The van der Waals surface area contributed by atoms with Gasteiger partial charge in [-0.3, -0.25) is 4.98 Å². The van der Waals surface area contributed by atoms with Crippen molar-refractivity contribution >= 4 is 0 Å². The van der Waals surface area contributed by atoms with Crippen molar-refractivity contribution in [2.24, 2.45) is 17.8 Å². The van der Waals surface area contributed by atoms with Gasteiger partial charge in [0.15, 0.2) is 0 Å². The van der Waals surface area contributed by atoms with Crippen LogP contribution in [0.15, 0.2) is 18.3 Å². The number of ether oxygens (including phenoxy) is 1. The number of rotatable bonds is 7. The molecule has 1 heterocycles. The van der Waals surface area contributed by atoms with Crippen molar-refractivity contribution in [3.8, 4) is 5.75 Å². The van der Waals surface area contributed by atoms with E-state index in [1.807, 2.05) is 6.20 Å². The second-order valence-corrected chi connectivity index (χ2v) is 6.41. The molecule has 2 fully saturated rings. The molecule has 0 aliphatic heterocycles. The van der Waals surface area contributed by atoms with E-state index in [2.05, 4.69) is 29.4 Å². The molecular formula is C17H26N2O. The van der Waals surface area contributed by atoms with E-state index in [0.717, 1.165) is 55.3 Å². The minimum Gasteiger partial charge on any atom is -0.492 e. The number of pyridine rings is 1. The van der Waals surface area contributed by atoms with Crippen molar-refractivity contribution < 1.29 is 4.74 Å². The summed E-state index contributed by atoms with van der Waals surface area (Å²) < 4.78 is 5.94. The summed E-state index contributed by atoms with van der Waals surface area (Å²) in [6.07, 6.45) is 8.76. The highest BCUT2D eigenvalue weighted by Crippen LogP contribution is 2.48. The van der Waals surface area contributed by atoms with E-state index < -0.39 is 0 Å². The quantitative estimate of drug-likeness (QED) is 0.774. The first-order valence-electron chi connectivity index (χ1n) is 8.13. The number of fused-ring (bicyclic) bond motifs is 2. The van der Waals surface area contributed by atoms with Gasteiger partial charge in [-0.25, -0.2) is 0 Å². The zero-order valence-corrected chi connectivity index (χ0v) is 12.5. The third-order valence-electron chi connectivity index (χ3n) is 4.88. The minimum atomic E-state index is 0.791. The van der Waals surface area contributed by atoms with Crippen molar-refractivity contribution in [2.75, 3.05) is 13.2 Å². The second-order valence-electron chi connectivity index (χ2n) is 6.41. The lowest BCUT2D eigenvalue weighted by Crippen LogP contribution is -2.18. The van der Waals surface area contributed by atoms with Crippen molar-refractivity contribution in [1.82, 2.24) is 10.3 Å². The summed E-state index contributed by atoms with van der Waals surface area (Å²) in [5.41, 5.74) is 1.09. The van der Waals surface area contributed by atoms with Crippen molar-refractivity contribution in [3.05, 3.63) is 24.0 Å². The lowest BCUT2D eigenvalue weighted by Gasteiger charge is -2.21. The number of hydrogen-bond acceptors (Lipinski definition) is 3. The minimum absolute atomic E-state index is 0.791. The summed E-state index contributed by atoms with van der Waals surface area (Å²) >= 11 is 0. The molecule has 2 aliphatic carbocycles. The lowest BCUT2D eigenvalue weighted by molar-refractivity contribution is 0.194. The molecule has 0 spiro atoms. The Hall–Kier alpha value is -1.09. The molecule has 0 aromatic carbocycles. The largest absolute Gasteiger partial charge is 0.492 e. The summed E-state index contributed by atoms with van der Waals surface area (Å²) in [5.74, 6) is 3.65. The predicted octanol–water partition coefficient (Wildman–Crippen LogP) is 3.40. The molecule has 20 heavy (non-hydrogen) atoms. The van der Waals surface area contributed by atoms with Crippen LogP contribution in [0.5, 0.6) is 5.75 Å². The average Bonchev–Trinajstić information content (AvgIpc) is 3.09. The Morgan fingerprint density at radius 1 is 1.30 bits per heavy atom. The fourth-order valence-electron chi connectivity index (χ4n) is 3.78. The lowest BCUT2D eigenvalue weighted by atomic mass is 9.90.